The summed E-state index contributed by atoms with van der Waals surface area (Å²) in [5, 5.41) is 3.25. The van der Waals surface area contributed by atoms with Crippen LogP contribution in [0.15, 0.2) is 85.2 Å². The van der Waals surface area contributed by atoms with Crippen LogP contribution in [0.1, 0.15) is 27.2 Å². The standard InChI is InChI=1S/C26H20N4O2/c1-32-26(31)23-16-24(28-18-20-6-3-2-4-7-20)30-25(29-23)22-13-11-19(12-14-22)9-10-21-8-5-15-27-17-21/h2-8,11-17H,18H2,1H3,(H,28,29,30). The molecule has 0 aliphatic heterocycles. The molecule has 2 aromatic heterocycles. The van der Waals surface area contributed by atoms with Gasteiger partial charge in [-0.05, 0) is 42.0 Å². The minimum absolute atomic E-state index is 0.188. The summed E-state index contributed by atoms with van der Waals surface area (Å²) in [6.07, 6.45) is 3.43. The van der Waals surface area contributed by atoms with Crippen LogP contribution in [0.25, 0.3) is 11.4 Å². The number of ether oxygens (including phenoxy) is 1. The van der Waals surface area contributed by atoms with E-state index >= 15 is 0 Å². The van der Waals surface area contributed by atoms with Crippen LogP contribution in [0.3, 0.4) is 0 Å². The van der Waals surface area contributed by atoms with Gasteiger partial charge in [-0.1, -0.05) is 42.2 Å². The summed E-state index contributed by atoms with van der Waals surface area (Å²) < 4.78 is 4.86. The molecule has 0 saturated carbocycles. The van der Waals surface area contributed by atoms with Gasteiger partial charge in [-0.25, -0.2) is 14.8 Å². The van der Waals surface area contributed by atoms with E-state index < -0.39 is 5.97 Å². The van der Waals surface area contributed by atoms with Crippen molar-refractivity contribution in [1.82, 2.24) is 15.0 Å². The number of rotatable bonds is 5. The first-order valence-electron chi connectivity index (χ1n) is 9.99. The van der Waals surface area contributed by atoms with Gasteiger partial charge in [0.15, 0.2) is 11.5 Å². The molecule has 4 rings (SSSR count). The molecule has 1 N–H and O–H groups in total. The zero-order valence-electron chi connectivity index (χ0n) is 17.4. The fourth-order valence-electron chi connectivity index (χ4n) is 2.95. The van der Waals surface area contributed by atoms with Gasteiger partial charge >= 0.3 is 5.97 Å². The number of methoxy groups -OCH3 is 1. The highest BCUT2D eigenvalue weighted by Gasteiger charge is 2.13. The molecule has 2 heterocycles. The molecule has 2 aromatic carbocycles. The number of hydrogen-bond donors (Lipinski definition) is 1. The maximum Gasteiger partial charge on any atom is 0.356 e. The highest BCUT2D eigenvalue weighted by Crippen LogP contribution is 2.20. The molecule has 0 atom stereocenters. The number of carbonyl (C=O) groups excluding carboxylic acids is 1. The van der Waals surface area contributed by atoms with Crippen LogP contribution in [0, 0.1) is 11.8 Å². The van der Waals surface area contributed by atoms with E-state index in [9.17, 15) is 4.79 Å². The first kappa shape index (κ1) is 20.8. The smallest absolute Gasteiger partial charge is 0.356 e. The molecule has 0 radical (unpaired) electrons. The molecule has 0 unspecified atom stereocenters. The van der Waals surface area contributed by atoms with Gasteiger partial charge in [0.25, 0.3) is 0 Å². The molecule has 0 bridgehead atoms. The number of carbonyl (C=O) groups is 1. The minimum Gasteiger partial charge on any atom is -0.464 e. The Hall–Kier alpha value is -4.50. The van der Waals surface area contributed by atoms with Crippen molar-refractivity contribution < 1.29 is 9.53 Å². The monoisotopic (exact) mass is 420 g/mol. The lowest BCUT2D eigenvalue weighted by molar-refractivity contribution is 0.0594. The number of esters is 1. The number of pyridine rings is 1. The van der Waals surface area contributed by atoms with Gasteiger partial charge in [-0.2, -0.15) is 0 Å². The lowest BCUT2D eigenvalue weighted by Gasteiger charge is -2.10. The summed E-state index contributed by atoms with van der Waals surface area (Å²) in [7, 11) is 1.33. The quantitative estimate of drug-likeness (QED) is 0.382. The molecule has 4 aromatic rings. The van der Waals surface area contributed by atoms with Gasteiger partial charge in [0.05, 0.1) is 7.11 Å². The lowest BCUT2D eigenvalue weighted by atomic mass is 10.1. The Balaban J connectivity index is 1.58. The van der Waals surface area contributed by atoms with Crippen molar-refractivity contribution in [2.24, 2.45) is 0 Å². The fourth-order valence-corrected chi connectivity index (χ4v) is 2.95. The van der Waals surface area contributed by atoms with E-state index in [1.165, 1.54) is 7.11 Å². The average Bonchev–Trinajstić information content (AvgIpc) is 2.87. The third-order valence-corrected chi connectivity index (χ3v) is 4.59. The fraction of sp³-hybridized carbons (Fsp3) is 0.0769. The molecule has 6 heteroatoms. The predicted octanol–water partition coefficient (Wildman–Crippen LogP) is 4.34. The van der Waals surface area contributed by atoms with Gasteiger partial charge in [-0.3, -0.25) is 4.98 Å². The third kappa shape index (κ3) is 5.35. The van der Waals surface area contributed by atoms with Crippen LogP contribution in [0.4, 0.5) is 5.82 Å². The second-order valence-corrected chi connectivity index (χ2v) is 6.86. The maximum absolute atomic E-state index is 12.1. The SMILES string of the molecule is COC(=O)c1cc(NCc2ccccc2)nc(-c2ccc(C#Cc3cccnc3)cc2)n1. The van der Waals surface area contributed by atoms with Gasteiger partial charge in [0.2, 0.25) is 0 Å². The van der Waals surface area contributed by atoms with Gasteiger partial charge < -0.3 is 10.1 Å². The highest BCUT2D eigenvalue weighted by molar-refractivity contribution is 5.88. The Labute approximate surface area is 186 Å². The Morgan fingerprint density at radius 2 is 1.72 bits per heavy atom. The summed E-state index contributed by atoms with van der Waals surface area (Å²) >= 11 is 0. The highest BCUT2D eigenvalue weighted by atomic mass is 16.5. The van der Waals surface area contributed by atoms with Crippen molar-refractivity contribution >= 4 is 11.8 Å². The first-order chi connectivity index (χ1) is 15.7. The minimum atomic E-state index is -0.518. The molecule has 0 spiro atoms. The summed E-state index contributed by atoms with van der Waals surface area (Å²) in [6.45, 7) is 0.570. The number of aromatic nitrogens is 3. The van der Waals surface area contributed by atoms with E-state index in [0.29, 0.717) is 18.2 Å². The van der Waals surface area contributed by atoms with E-state index in [4.69, 9.17) is 4.74 Å². The second-order valence-electron chi connectivity index (χ2n) is 6.86. The lowest BCUT2D eigenvalue weighted by Crippen LogP contribution is -2.09. The van der Waals surface area contributed by atoms with E-state index in [-0.39, 0.29) is 5.69 Å². The van der Waals surface area contributed by atoms with Crippen LogP contribution in [-0.4, -0.2) is 28.0 Å². The topological polar surface area (TPSA) is 77.0 Å². The van der Waals surface area contributed by atoms with Gasteiger partial charge in [0.1, 0.15) is 5.82 Å². The Kier molecular flexibility index (Phi) is 6.49. The number of anilines is 1. The summed E-state index contributed by atoms with van der Waals surface area (Å²) in [4.78, 5) is 25.2. The normalized spacial score (nSPS) is 10.0. The molecule has 0 aliphatic rings. The van der Waals surface area contributed by atoms with Crippen LogP contribution in [-0.2, 0) is 11.3 Å². The van der Waals surface area contributed by atoms with Crippen LogP contribution in [0.5, 0.6) is 0 Å². The van der Waals surface area contributed by atoms with Crippen LogP contribution in [0.2, 0.25) is 0 Å². The molecule has 0 fully saturated rings. The Morgan fingerprint density at radius 3 is 2.44 bits per heavy atom. The summed E-state index contributed by atoms with van der Waals surface area (Å²) in [5.74, 6) is 6.64. The van der Waals surface area contributed by atoms with Crippen LogP contribution >= 0.6 is 0 Å². The largest absolute Gasteiger partial charge is 0.464 e. The van der Waals surface area contributed by atoms with E-state index in [1.807, 2.05) is 66.7 Å². The number of hydrogen-bond acceptors (Lipinski definition) is 6. The first-order valence-corrected chi connectivity index (χ1v) is 9.99. The van der Waals surface area contributed by atoms with Crippen molar-refractivity contribution in [3.63, 3.8) is 0 Å². The molecule has 32 heavy (non-hydrogen) atoms. The zero-order valence-corrected chi connectivity index (χ0v) is 17.4. The van der Waals surface area contributed by atoms with E-state index in [1.54, 1.807) is 18.5 Å². The van der Waals surface area contributed by atoms with Crippen molar-refractivity contribution in [3.05, 3.63) is 108 Å². The second kappa shape index (κ2) is 10.0. The molecule has 0 aliphatic carbocycles. The molecule has 6 nitrogen and oxygen atoms in total. The molecule has 0 amide bonds. The number of nitrogens with one attached hydrogen (secondary N) is 1. The van der Waals surface area contributed by atoms with Crippen molar-refractivity contribution in [1.29, 1.82) is 0 Å². The average molecular weight is 420 g/mol. The van der Waals surface area contributed by atoms with E-state index in [0.717, 1.165) is 22.3 Å². The summed E-state index contributed by atoms with van der Waals surface area (Å²) in [5.41, 5.74) is 3.76. The van der Waals surface area contributed by atoms with Gasteiger partial charge in [-0.15, -0.1) is 0 Å². The van der Waals surface area contributed by atoms with Crippen molar-refractivity contribution in [3.8, 4) is 23.2 Å². The number of nitrogens with zero attached hydrogens (tertiary/aromatic N) is 3. The molecular weight excluding hydrogens is 400 g/mol. The Bertz CT molecular complexity index is 1260. The van der Waals surface area contributed by atoms with Gasteiger partial charge in [0, 0.05) is 41.7 Å². The van der Waals surface area contributed by atoms with Crippen LogP contribution < -0.4 is 5.32 Å². The number of benzene rings is 2. The van der Waals surface area contributed by atoms with Crippen molar-refractivity contribution in [2.45, 2.75) is 6.54 Å². The van der Waals surface area contributed by atoms with Crippen molar-refractivity contribution in [2.75, 3.05) is 12.4 Å². The molecule has 0 saturated heterocycles. The predicted molar refractivity (Wildman–Crippen MR) is 123 cm³/mol. The molecule has 156 valence electrons. The molecular formula is C26H20N4O2. The van der Waals surface area contributed by atoms with E-state index in [2.05, 4.69) is 32.1 Å². The third-order valence-electron chi connectivity index (χ3n) is 4.59. The zero-order chi connectivity index (χ0) is 22.2. The Morgan fingerprint density at radius 1 is 0.938 bits per heavy atom. The maximum atomic E-state index is 12.1. The summed E-state index contributed by atoms with van der Waals surface area (Å²) in [6, 6.07) is 22.8.